The summed E-state index contributed by atoms with van der Waals surface area (Å²) >= 11 is 8.19. The second kappa shape index (κ2) is 13.6. The molecule has 31 heavy (non-hydrogen) atoms. The Labute approximate surface area is 194 Å². The van der Waals surface area contributed by atoms with Gasteiger partial charge in [0, 0.05) is 11.4 Å². The van der Waals surface area contributed by atoms with Gasteiger partial charge >= 0.3 is 8.25 Å². The monoisotopic (exact) mass is 487 g/mol. The van der Waals surface area contributed by atoms with Gasteiger partial charge < -0.3 is 14.7 Å². The van der Waals surface area contributed by atoms with E-state index in [1.807, 2.05) is 24.3 Å². The van der Waals surface area contributed by atoms with Crippen molar-refractivity contribution in [3.63, 3.8) is 0 Å². The average Bonchev–Trinajstić information content (AvgIpc) is 2.71. The molecule has 2 rings (SSSR count). The summed E-state index contributed by atoms with van der Waals surface area (Å²) < 4.78 is 29.2. The van der Waals surface area contributed by atoms with Crippen LogP contribution in [0.2, 0.25) is 5.02 Å². The molecule has 4 nitrogen and oxygen atoms in total. The minimum Gasteiger partial charge on any atom is -0.326 e. The molecule has 0 saturated carbocycles. The van der Waals surface area contributed by atoms with E-state index in [1.54, 1.807) is 17.8 Å². The molecule has 1 atom stereocenters. The summed E-state index contributed by atoms with van der Waals surface area (Å²) in [6.07, 6.45) is 3.69. The third kappa shape index (κ3) is 9.65. The van der Waals surface area contributed by atoms with E-state index >= 15 is 0 Å². The van der Waals surface area contributed by atoms with Crippen molar-refractivity contribution in [2.45, 2.75) is 56.4 Å². The summed E-state index contributed by atoms with van der Waals surface area (Å²) in [7, 11) is -2.83. The lowest BCUT2D eigenvalue weighted by Gasteiger charge is -2.25. The molecular formula is C23H32ClFNO3PS. The Kier molecular flexibility index (Phi) is 11.6. The molecule has 0 aromatic heterocycles. The minimum atomic E-state index is -2.83. The normalized spacial score (nSPS) is 12.8. The van der Waals surface area contributed by atoms with Crippen LogP contribution in [-0.4, -0.2) is 23.8 Å². The van der Waals surface area contributed by atoms with Crippen LogP contribution in [0.4, 0.5) is 4.39 Å². The maximum atomic E-state index is 14.1. The number of benzene rings is 2. The van der Waals surface area contributed by atoms with E-state index in [4.69, 9.17) is 16.5 Å². The molecule has 2 N–H and O–H groups in total. The second-order valence-corrected chi connectivity index (χ2v) is 10.4. The van der Waals surface area contributed by atoms with Crippen LogP contribution in [0.5, 0.6) is 0 Å². The molecule has 0 saturated heterocycles. The number of hydrogen-bond acceptors (Lipinski definition) is 4. The largest absolute Gasteiger partial charge is 0.326 e. The summed E-state index contributed by atoms with van der Waals surface area (Å²) in [5.41, 5.74) is 1.70. The fourth-order valence-electron chi connectivity index (χ4n) is 3.36. The Hall–Kier alpha value is -0.880. The molecule has 0 amide bonds. The highest BCUT2D eigenvalue weighted by Crippen LogP contribution is 2.32. The predicted molar refractivity (Wildman–Crippen MR) is 129 cm³/mol. The van der Waals surface area contributed by atoms with Crippen molar-refractivity contribution in [2.24, 2.45) is 0 Å². The zero-order valence-electron chi connectivity index (χ0n) is 18.1. The van der Waals surface area contributed by atoms with Crippen LogP contribution in [-0.2, 0) is 21.0 Å². The molecule has 0 aliphatic rings. The first-order chi connectivity index (χ1) is 14.8. The van der Waals surface area contributed by atoms with Crippen molar-refractivity contribution in [3.8, 4) is 0 Å². The third-order valence-corrected chi connectivity index (χ3v) is 7.14. The standard InChI is InChI=1S/C23H32ClFNO3PS/c1-23(2,19-8-3-4-9-21(19)25)12-5-6-15-31-22-11-10-18(16-20(22)24)17-26-13-7-14-29-30(27)28/h3-4,8-11,16,26,30H,5-7,12-15,17H2,1-2H3,(H,27,28). The van der Waals surface area contributed by atoms with Crippen molar-refractivity contribution in [3.05, 3.63) is 64.4 Å². The summed E-state index contributed by atoms with van der Waals surface area (Å²) in [5.74, 6) is 0.845. The molecule has 0 bridgehead atoms. The Morgan fingerprint density at radius 3 is 2.68 bits per heavy atom. The van der Waals surface area contributed by atoms with Gasteiger partial charge in [0.05, 0.1) is 11.6 Å². The Balaban J connectivity index is 1.68. The van der Waals surface area contributed by atoms with E-state index in [-0.39, 0.29) is 17.8 Å². The molecule has 0 radical (unpaired) electrons. The molecule has 172 valence electrons. The highest BCUT2D eigenvalue weighted by atomic mass is 35.5. The van der Waals surface area contributed by atoms with Crippen LogP contribution in [0.3, 0.4) is 0 Å². The summed E-state index contributed by atoms with van der Waals surface area (Å²) in [5, 5.41) is 4.02. The van der Waals surface area contributed by atoms with Crippen LogP contribution in [0.25, 0.3) is 0 Å². The first-order valence-corrected chi connectivity index (χ1v) is 13.1. The van der Waals surface area contributed by atoms with E-state index in [1.165, 1.54) is 6.07 Å². The first kappa shape index (κ1) is 26.4. The maximum Gasteiger partial charge on any atom is 0.316 e. The first-order valence-electron chi connectivity index (χ1n) is 10.5. The molecular weight excluding hydrogens is 456 g/mol. The molecule has 8 heteroatoms. The molecule has 2 aromatic carbocycles. The van der Waals surface area contributed by atoms with Gasteiger partial charge in [-0.3, -0.25) is 4.57 Å². The number of halogens is 2. The highest BCUT2D eigenvalue weighted by molar-refractivity contribution is 7.99. The number of unbranched alkanes of at least 4 members (excludes halogenated alkanes) is 1. The van der Waals surface area contributed by atoms with Gasteiger partial charge in [-0.15, -0.1) is 11.8 Å². The Bertz CT molecular complexity index is 853. The quantitative estimate of drug-likeness (QED) is 0.179. The molecule has 0 spiro atoms. The van der Waals surface area contributed by atoms with Crippen molar-refractivity contribution < 1.29 is 18.4 Å². The number of nitrogens with one attached hydrogen (secondary N) is 1. The van der Waals surface area contributed by atoms with Crippen LogP contribution < -0.4 is 5.32 Å². The molecule has 2 aromatic rings. The van der Waals surface area contributed by atoms with Gasteiger partial charge in [0.25, 0.3) is 0 Å². The van der Waals surface area contributed by atoms with Gasteiger partial charge in [0.15, 0.2) is 0 Å². The zero-order valence-corrected chi connectivity index (χ0v) is 20.7. The highest BCUT2D eigenvalue weighted by Gasteiger charge is 2.23. The van der Waals surface area contributed by atoms with E-state index in [9.17, 15) is 8.96 Å². The Morgan fingerprint density at radius 2 is 1.97 bits per heavy atom. The third-order valence-electron chi connectivity index (χ3n) is 5.11. The molecule has 0 aliphatic heterocycles. The van der Waals surface area contributed by atoms with Gasteiger partial charge in [0.2, 0.25) is 0 Å². The summed E-state index contributed by atoms with van der Waals surface area (Å²) in [6.45, 7) is 5.86. The molecule has 0 heterocycles. The van der Waals surface area contributed by atoms with Crippen LogP contribution in [0.15, 0.2) is 47.4 Å². The fourth-order valence-corrected chi connectivity index (χ4v) is 4.97. The topological polar surface area (TPSA) is 58.6 Å². The van der Waals surface area contributed by atoms with E-state index in [0.717, 1.165) is 46.1 Å². The van der Waals surface area contributed by atoms with Crippen molar-refractivity contribution in [2.75, 3.05) is 18.9 Å². The molecule has 1 unspecified atom stereocenters. The lowest BCUT2D eigenvalue weighted by molar-refractivity contribution is 0.276. The van der Waals surface area contributed by atoms with E-state index in [2.05, 4.69) is 29.8 Å². The molecule has 0 aliphatic carbocycles. The van der Waals surface area contributed by atoms with Gasteiger partial charge in [-0.1, -0.05) is 56.1 Å². The smallest absolute Gasteiger partial charge is 0.316 e. The van der Waals surface area contributed by atoms with Crippen LogP contribution >= 0.6 is 31.6 Å². The fraction of sp³-hybridized carbons (Fsp3) is 0.478. The minimum absolute atomic E-state index is 0.126. The molecule has 0 fully saturated rings. The predicted octanol–water partition coefficient (Wildman–Crippen LogP) is 6.60. The van der Waals surface area contributed by atoms with E-state index in [0.29, 0.717) is 19.5 Å². The van der Waals surface area contributed by atoms with Gasteiger partial charge in [-0.2, -0.15) is 0 Å². The lowest BCUT2D eigenvalue weighted by Crippen LogP contribution is -2.18. The number of hydrogen-bond donors (Lipinski definition) is 2. The number of thioether (sulfide) groups is 1. The van der Waals surface area contributed by atoms with Gasteiger partial charge in [0.1, 0.15) is 5.82 Å². The SMILES string of the molecule is CC(C)(CCCCSc1ccc(CNCCCO[PH](=O)O)cc1Cl)c1ccccc1F. The average molecular weight is 488 g/mol. The summed E-state index contributed by atoms with van der Waals surface area (Å²) in [6, 6.07) is 13.1. The summed E-state index contributed by atoms with van der Waals surface area (Å²) in [4.78, 5) is 9.67. The van der Waals surface area contributed by atoms with Crippen LogP contribution in [0.1, 0.15) is 50.7 Å². The van der Waals surface area contributed by atoms with Crippen LogP contribution in [0, 0.1) is 5.82 Å². The van der Waals surface area contributed by atoms with Crippen molar-refractivity contribution in [1.29, 1.82) is 0 Å². The van der Waals surface area contributed by atoms with Gasteiger partial charge in [-0.05, 0) is 66.3 Å². The zero-order chi connectivity index (χ0) is 22.7. The van der Waals surface area contributed by atoms with Gasteiger partial charge in [-0.25, -0.2) is 4.39 Å². The van der Waals surface area contributed by atoms with Crippen molar-refractivity contribution >= 4 is 31.6 Å². The van der Waals surface area contributed by atoms with Crippen molar-refractivity contribution in [1.82, 2.24) is 5.32 Å². The maximum absolute atomic E-state index is 14.1. The van der Waals surface area contributed by atoms with E-state index < -0.39 is 8.25 Å². The number of rotatable bonds is 14. The lowest BCUT2D eigenvalue weighted by atomic mass is 9.80. The second-order valence-electron chi connectivity index (χ2n) is 8.08. The Morgan fingerprint density at radius 1 is 1.19 bits per heavy atom.